The van der Waals surface area contributed by atoms with Crippen molar-refractivity contribution in [2.75, 3.05) is 26.2 Å². The Balaban J connectivity index is 1.52. The molecule has 0 aromatic heterocycles. The maximum Gasteiger partial charge on any atom is 0.238 e. The number of benzene rings is 2. The van der Waals surface area contributed by atoms with E-state index in [1.165, 1.54) is 49.9 Å². The Kier molecular flexibility index (Phi) is 6.83. The van der Waals surface area contributed by atoms with Crippen molar-refractivity contribution >= 4 is 21.6 Å². The van der Waals surface area contributed by atoms with E-state index in [-0.39, 0.29) is 9.92 Å². The smallest absolute Gasteiger partial charge is 0.238 e. The van der Waals surface area contributed by atoms with Crippen LogP contribution in [0.25, 0.3) is 0 Å². The molecule has 0 atom stereocenters. The molecule has 0 unspecified atom stereocenters. The van der Waals surface area contributed by atoms with Gasteiger partial charge < -0.3 is 4.74 Å². The lowest BCUT2D eigenvalue weighted by Gasteiger charge is -2.38. The third-order valence-electron chi connectivity index (χ3n) is 6.12. The number of nitrogens with zero attached hydrogens (tertiary/aromatic N) is 2. The summed E-state index contributed by atoms with van der Waals surface area (Å²) < 4.78 is 43.2. The lowest BCUT2D eigenvalue weighted by molar-refractivity contribution is 0.0932. The quantitative estimate of drug-likeness (QED) is 0.695. The summed E-state index contributed by atoms with van der Waals surface area (Å²) in [4.78, 5) is 4.90. The van der Waals surface area contributed by atoms with Crippen LogP contribution in [0.3, 0.4) is 0 Å². The van der Waals surface area contributed by atoms with E-state index in [1.54, 1.807) is 12.1 Å². The number of primary sulfonamides is 1. The summed E-state index contributed by atoms with van der Waals surface area (Å²) in [7, 11) is -3.84. The molecule has 1 saturated heterocycles. The zero-order chi connectivity index (χ0) is 22.0. The lowest BCUT2D eigenvalue weighted by Crippen LogP contribution is -2.49. The summed E-state index contributed by atoms with van der Waals surface area (Å²) >= 11 is 5.86. The van der Waals surface area contributed by atoms with Crippen molar-refractivity contribution in [3.05, 3.63) is 52.8 Å². The number of ether oxygens (including phenoxy) is 1. The van der Waals surface area contributed by atoms with Crippen molar-refractivity contribution in [2.24, 2.45) is 5.14 Å². The van der Waals surface area contributed by atoms with Gasteiger partial charge in [-0.3, -0.25) is 9.80 Å². The summed E-state index contributed by atoms with van der Waals surface area (Å²) in [6.45, 7) is 4.34. The average molecular weight is 468 g/mol. The van der Waals surface area contributed by atoms with Crippen LogP contribution in [0, 0.1) is 5.82 Å². The van der Waals surface area contributed by atoms with Gasteiger partial charge in [-0.15, -0.1) is 0 Å². The summed E-state index contributed by atoms with van der Waals surface area (Å²) in [5.41, 5.74) is 0.710. The number of sulfonamides is 1. The monoisotopic (exact) mass is 467 g/mol. The highest BCUT2D eigenvalue weighted by molar-refractivity contribution is 7.89. The minimum Gasteiger partial charge on any atom is -0.457 e. The molecule has 168 valence electrons. The Morgan fingerprint density at radius 2 is 1.77 bits per heavy atom. The molecular formula is C22H27ClFN3O3S. The molecule has 2 aromatic carbocycles. The van der Waals surface area contributed by atoms with Gasteiger partial charge >= 0.3 is 0 Å². The summed E-state index contributed by atoms with van der Waals surface area (Å²) in [6.07, 6.45) is 5.21. The fourth-order valence-corrected chi connectivity index (χ4v) is 5.15. The predicted octanol–water partition coefficient (Wildman–Crippen LogP) is 3.98. The van der Waals surface area contributed by atoms with E-state index in [2.05, 4.69) is 9.80 Å². The minimum atomic E-state index is -3.84. The summed E-state index contributed by atoms with van der Waals surface area (Å²) in [5.74, 6) is 0.342. The van der Waals surface area contributed by atoms with Gasteiger partial charge in [-0.1, -0.05) is 24.4 Å². The van der Waals surface area contributed by atoms with Gasteiger partial charge in [-0.25, -0.2) is 17.9 Å². The van der Waals surface area contributed by atoms with Crippen molar-refractivity contribution < 1.29 is 17.5 Å². The van der Waals surface area contributed by atoms with Crippen LogP contribution in [0.15, 0.2) is 41.3 Å². The van der Waals surface area contributed by atoms with Crippen molar-refractivity contribution in [2.45, 2.75) is 43.2 Å². The van der Waals surface area contributed by atoms with Crippen molar-refractivity contribution in [3.63, 3.8) is 0 Å². The molecular weight excluding hydrogens is 441 g/mol. The van der Waals surface area contributed by atoms with Crippen molar-refractivity contribution in [1.29, 1.82) is 0 Å². The Labute approximate surface area is 187 Å². The Bertz CT molecular complexity index is 1040. The first-order chi connectivity index (χ1) is 14.8. The van der Waals surface area contributed by atoms with Crippen LogP contribution in [-0.4, -0.2) is 50.4 Å². The van der Waals surface area contributed by atoms with E-state index in [4.69, 9.17) is 21.5 Å². The van der Waals surface area contributed by atoms with Crippen LogP contribution in [0.5, 0.6) is 11.5 Å². The number of piperazine rings is 1. The molecule has 2 N–H and O–H groups in total. The molecule has 1 saturated carbocycles. The first-order valence-electron chi connectivity index (χ1n) is 10.5. The molecule has 9 heteroatoms. The standard InChI is InChI=1S/C22H27ClFN3O3S/c23-20-14-18(5-7-21(20)24)30-22-8-6-19(31(25,28)29)13-16(22)15-26-9-11-27(12-10-26)17-3-1-2-4-17/h5-8,13-14,17H,1-4,9-12,15H2,(H2,25,28,29). The fraction of sp³-hybridized carbons (Fsp3) is 0.455. The highest BCUT2D eigenvalue weighted by Gasteiger charge is 2.26. The van der Waals surface area contributed by atoms with Gasteiger partial charge in [0.15, 0.2) is 0 Å². The van der Waals surface area contributed by atoms with Crippen LogP contribution in [0.2, 0.25) is 5.02 Å². The summed E-state index contributed by atoms with van der Waals surface area (Å²) in [5, 5.41) is 5.30. The van der Waals surface area contributed by atoms with Gasteiger partial charge in [0.2, 0.25) is 10.0 Å². The molecule has 0 bridgehead atoms. The number of halogens is 2. The van der Waals surface area contributed by atoms with Crippen LogP contribution < -0.4 is 9.88 Å². The number of hydrogen-bond acceptors (Lipinski definition) is 5. The van der Waals surface area contributed by atoms with E-state index in [1.807, 2.05) is 0 Å². The molecule has 1 heterocycles. The highest BCUT2D eigenvalue weighted by Crippen LogP contribution is 2.31. The molecule has 2 fully saturated rings. The molecule has 0 radical (unpaired) electrons. The van der Waals surface area contributed by atoms with Gasteiger partial charge in [0.1, 0.15) is 17.3 Å². The zero-order valence-corrected chi connectivity index (χ0v) is 18.8. The van der Waals surface area contributed by atoms with Gasteiger partial charge in [0.05, 0.1) is 9.92 Å². The highest BCUT2D eigenvalue weighted by atomic mass is 35.5. The second-order valence-electron chi connectivity index (χ2n) is 8.24. The summed E-state index contributed by atoms with van der Waals surface area (Å²) in [6, 6.07) is 9.37. The van der Waals surface area contributed by atoms with Gasteiger partial charge in [-0.05, 0) is 43.2 Å². The molecule has 0 spiro atoms. The molecule has 1 aliphatic heterocycles. The van der Waals surface area contributed by atoms with Gasteiger partial charge in [0, 0.05) is 50.4 Å². The molecule has 2 aromatic rings. The SMILES string of the molecule is NS(=O)(=O)c1ccc(Oc2ccc(F)c(Cl)c2)c(CN2CCN(C3CCCC3)CC2)c1. The first-order valence-corrected chi connectivity index (χ1v) is 12.5. The average Bonchev–Trinajstić information content (AvgIpc) is 3.27. The van der Waals surface area contributed by atoms with Crippen LogP contribution in [0.4, 0.5) is 4.39 Å². The third kappa shape index (κ3) is 5.56. The van der Waals surface area contributed by atoms with E-state index < -0.39 is 15.8 Å². The van der Waals surface area contributed by atoms with Crippen molar-refractivity contribution in [1.82, 2.24) is 9.80 Å². The van der Waals surface area contributed by atoms with Gasteiger partial charge in [0.25, 0.3) is 0 Å². The van der Waals surface area contributed by atoms with Gasteiger partial charge in [-0.2, -0.15) is 0 Å². The predicted molar refractivity (Wildman–Crippen MR) is 118 cm³/mol. The van der Waals surface area contributed by atoms with Crippen LogP contribution >= 0.6 is 11.6 Å². The second-order valence-corrected chi connectivity index (χ2v) is 10.2. The molecule has 1 aliphatic carbocycles. The Morgan fingerprint density at radius 3 is 2.42 bits per heavy atom. The lowest BCUT2D eigenvalue weighted by atomic mass is 10.1. The van der Waals surface area contributed by atoms with Crippen LogP contribution in [0.1, 0.15) is 31.2 Å². The maximum absolute atomic E-state index is 13.5. The second kappa shape index (κ2) is 9.42. The topological polar surface area (TPSA) is 75.9 Å². The Morgan fingerprint density at radius 1 is 1.06 bits per heavy atom. The fourth-order valence-electron chi connectivity index (χ4n) is 4.42. The molecule has 6 nitrogen and oxygen atoms in total. The zero-order valence-electron chi connectivity index (χ0n) is 17.3. The van der Waals surface area contributed by atoms with Crippen molar-refractivity contribution in [3.8, 4) is 11.5 Å². The van der Waals surface area contributed by atoms with E-state index in [9.17, 15) is 12.8 Å². The number of rotatable bonds is 6. The first kappa shape index (κ1) is 22.5. The molecule has 31 heavy (non-hydrogen) atoms. The van der Waals surface area contributed by atoms with E-state index in [0.29, 0.717) is 29.6 Å². The molecule has 0 amide bonds. The van der Waals surface area contributed by atoms with E-state index >= 15 is 0 Å². The number of nitrogens with two attached hydrogens (primary N) is 1. The third-order valence-corrected chi connectivity index (χ3v) is 7.32. The Hall–Kier alpha value is -1.71. The van der Waals surface area contributed by atoms with E-state index in [0.717, 1.165) is 26.2 Å². The largest absolute Gasteiger partial charge is 0.457 e. The number of hydrogen-bond donors (Lipinski definition) is 1. The molecule has 2 aliphatic rings. The minimum absolute atomic E-state index is 0.0385. The molecule has 4 rings (SSSR count). The maximum atomic E-state index is 13.5. The van der Waals surface area contributed by atoms with Crippen LogP contribution in [-0.2, 0) is 16.6 Å². The normalized spacial score (nSPS) is 19.1.